The van der Waals surface area contributed by atoms with Crippen molar-refractivity contribution in [1.82, 2.24) is 15.5 Å². The summed E-state index contributed by atoms with van der Waals surface area (Å²) in [6.45, 7) is 11.5. The quantitative estimate of drug-likeness (QED) is 0.555. The predicted octanol–water partition coefficient (Wildman–Crippen LogP) is 1.21. The fourth-order valence-electron chi connectivity index (χ4n) is 6.16. The minimum atomic E-state index is -1.05. The fraction of sp³-hybridized carbons (Fsp3) is 0.870. The van der Waals surface area contributed by atoms with Crippen LogP contribution in [0.4, 0.5) is 0 Å². The first kappa shape index (κ1) is 24.0. The molecule has 3 saturated heterocycles. The number of carbonyl (C=O) groups is 3. The third kappa shape index (κ3) is 3.65. The highest BCUT2D eigenvalue weighted by atomic mass is 16.5. The van der Waals surface area contributed by atoms with E-state index in [1.165, 1.54) is 0 Å². The number of nitrogens with zero attached hydrogens (tertiary/aromatic N) is 1. The first-order chi connectivity index (χ1) is 14.4. The monoisotopic (exact) mass is 437 g/mol. The zero-order valence-electron chi connectivity index (χ0n) is 19.9. The lowest BCUT2D eigenvalue weighted by atomic mass is 9.65. The Morgan fingerprint density at radius 1 is 1.26 bits per heavy atom. The van der Waals surface area contributed by atoms with E-state index in [0.29, 0.717) is 25.7 Å². The van der Waals surface area contributed by atoms with E-state index >= 15 is 0 Å². The summed E-state index contributed by atoms with van der Waals surface area (Å²) in [5.41, 5.74) is -2.28. The highest BCUT2D eigenvalue weighted by Gasteiger charge is 2.79. The Morgan fingerprint density at radius 3 is 2.39 bits per heavy atom. The van der Waals surface area contributed by atoms with E-state index in [2.05, 4.69) is 10.6 Å². The first-order valence-electron chi connectivity index (χ1n) is 11.5. The third-order valence-corrected chi connectivity index (χ3v) is 7.24. The van der Waals surface area contributed by atoms with Gasteiger partial charge in [0, 0.05) is 12.6 Å². The van der Waals surface area contributed by atoms with Gasteiger partial charge in [-0.2, -0.15) is 0 Å². The minimum Gasteiger partial charge on any atom is -0.394 e. The van der Waals surface area contributed by atoms with Gasteiger partial charge >= 0.3 is 0 Å². The van der Waals surface area contributed by atoms with Crippen molar-refractivity contribution in [3.05, 3.63) is 0 Å². The second kappa shape index (κ2) is 8.03. The van der Waals surface area contributed by atoms with Crippen LogP contribution in [0.1, 0.15) is 67.2 Å². The molecule has 3 rings (SSSR count). The van der Waals surface area contributed by atoms with E-state index in [9.17, 15) is 19.5 Å². The molecule has 3 aliphatic rings. The molecule has 0 saturated carbocycles. The Hall–Kier alpha value is -1.67. The molecule has 31 heavy (non-hydrogen) atoms. The Kier molecular flexibility index (Phi) is 6.21. The Morgan fingerprint density at radius 2 is 1.90 bits per heavy atom. The molecule has 3 heterocycles. The zero-order chi connectivity index (χ0) is 23.4. The summed E-state index contributed by atoms with van der Waals surface area (Å²) in [5.74, 6) is -1.89. The van der Waals surface area contributed by atoms with E-state index in [-0.39, 0.29) is 30.2 Å². The van der Waals surface area contributed by atoms with Gasteiger partial charge in [-0.1, -0.05) is 20.8 Å². The topological polar surface area (TPSA) is 108 Å². The number of hydrogen-bond acceptors (Lipinski definition) is 5. The molecular weight excluding hydrogens is 398 g/mol. The molecule has 6 atom stereocenters. The van der Waals surface area contributed by atoms with Crippen molar-refractivity contribution in [3.8, 4) is 0 Å². The summed E-state index contributed by atoms with van der Waals surface area (Å²) in [6.07, 6.45) is 2.34. The number of rotatable bonds is 7. The molecule has 176 valence electrons. The molecule has 3 amide bonds. The maximum atomic E-state index is 13.9. The summed E-state index contributed by atoms with van der Waals surface area (Å²) >= 11 is 0. The zero-order valence-corrected chi connectivity index (χ0v) is 19.9. The number of aliphatic hydroxyl groups is 1. The van der Waals surface area contributed by atoms with Gasteiger partial charge in [0.25, 0.3) is 0 Å². The molecule has 8 heteroatoms. The SMILES string of the molecule is CC[C@@]12CCC3(O1)C(C(=O)NC(C)(C)C)N([C@@H](CO)CC(C)C)C(=O)[C@@H]3[C@@H]2C(=O)NC. The fourth-order valence-corrected chi connectivity index (χ4v) is 6.16. The van der Waals surface area contributed by atoms with Gasteiger partial charge in [0.1, 0.15) is 11.6 Å². The normalized spacial score (nSPS) is 35.5. The van der Waals surface area contributed by atoms with Crippen LogP contribution < -0.4 is 10.6 Å². The number of aliphatic hydroxyl groups excluding tert-OH is 1. The van der Waals surface area contributed by atoms with E-state index in [1.807, 2.05) is 41.5 Å². The van der Waals surface area contributed by atoms with Crippen LogP contribution in [0.25, 0.3) is 0 Å². The Balaban J connectivity index is 2.13. The van der Waals surface area contributed by atoms with Gasteiger partial charge in [-0.05, 0) is 52.4 Å². The molecule has 0 aliphatic carbocycles. The largest absolute Gasteiger partial charge is 0.394 e. The number of hydrogen-bond donors (Lipinski definition) is 3. The lowest BCUT2D eigenvalue weighted by Gasteiger charge is -2.39. The summed E-state index contributed by atoms with van der Waals surface area (Å²) in [7, 11) is 1.57. The van der Waals surface area contributed by atoms with E-state index in [4.69, 9.17) is 4.74 Å². The number of nitrogens with one attached hydrogen (secondary N) is 2. The molecular formula is C23H39N3O5. The number of amides is 3. The average molecular weight is 438 g/mol. The van der Waals surface area contributed by atoms with Crippen LogP contribution >= 0.6 is 0 Å². The minimum absolute atomic E-state index is 0.219. The van der Waals surface area contributed by atoms with Gasteiger partial charge in [0.05, 0.1) is 30.1 Å². The van der Waals surface area contributed by atoms with Crippen LogP contribution in [0, 0.1) is 17.8 Å². The predicted molar refractivity (Wildman–Crippen MR) is 116 cm³/mol. The smallest absolute Gasteiger partial charge is 0.246 e. The highest BCUT2D eigenvalue weighted by molar-refractivity contribution is 5.99. The number of likely N-dealkylation sites (tertiary alicyclic amines) is 1. The van der Waals surface area contributed by atoms with Crippen molar-refractivity contribution in [3.63, 3.8) is 0 Å². The van der Waals surface area contributed by atoms with Crippen molar-refractivity contribution in [2.75, 3.05) is 13.7 Å². The molecule has 3 N–H and O–H groups in total. The van der Waals surface area contributed by atoms with Crippen LogP contribution in [-0.4, -0.2) is 70.2 Å². The molecule has 0 aromatic heterocycles. The van der Waals surface area contributed by atoms with E-state index in [0.717, 1.165) is 0 Å². The standard InChI is InChI=1S/C23H39N3O5/c1-8-22-9-10-23(31-22)16(15(22)18(28)24-7)20(30)26(14(12-27)11-13(2)3)17(23)19(29)25-21(4,5)6/h13-17,27H,8-12H2,1-7H3,(H,24,28)(H,25,29)/t14-,15-,16+,17?,22+,23?/m1/s1. The summed E-state index contributed by atoms with van der Waals surface area (Å²) < 4.78 is 6.64. The van der Waals surface area contributed by atoms with Crippen molar-refractivity contribution in [1.29, 1.82) is 0 Å². The maximum Gasteiger partial charge on any atom is 0.246 e. The van der Waals surface area contributed by atoms with Crippen LogP contribution in [0.3, 0.4) is 0 Å². The molecule has 2 bridgehead atoms. The van der Waals surface area contributed by atoms with E-state index < -0.39 is 40.7 Å². The maximum absolute atomic E-state index is 13.9. The van der Waals surface area contributed by atoms with Gasteiger partial charge in [-0.15, -0.1) is 0 Å². The van der Waals surface area contributed by atoms with Gasteiger partial charge in [0.15, 0.2) is 0 Å². The van der Waals surface area contributed by atoms with Crippen LogP contribution in [0.5, 0.6) is 0 Å². The lowest BCUT2D eigenvalue weighted by molar-refractivity contribution is -0.152. The molecule has 8 nitrogen and oxygen atoms in total. The molecule has 0 aromatic carbocycles. The van der Waals surface area contributed by atoms with Gasteiger partial charge in [-0.3, -0.25) is 14.4 Å². The molecule has 3 fully saturated rings. The first-order valence-corrected chi connectivity index (χ1v) is 11.5. The molecule has 1 spiro atoms. The van der Waals surface area contributed by atoms with Crippen molar-refractivity contribution in [2.24, 2.45) is 17.8 Å². The van der Waals surface area contributed by atoms with Gasteiger partial charge in [0.2, 0.25) is 17.7 Å². The summed E-state index contributed by atoms with van der Waals surface area (Å²) in [6, 6.07) is -1.38. The average Bonchev–Trinajstić information content (AvgIpc) is 3.27. The summed E-state index contributed by atoms with van der Waals surface area (Å²) in [4.78, 5) is 42.0. The second-order valence-electron chi connectivity index (χ2n) is 10.9. The van der Waals surface area contributed by atoms with E-state index in [1.54, 1.807) is 11.9 Å². The molecule has 2 unspecified atom stereocenters. The third-order valence-electron chi connectivity index (χ3n) is 7.24. The van der Waals surface area contributed by atoms with Crippen LogP contribution in [0.15, 0.2) is 0 Å². The molecule has 0 radical (unpaired) electrons. The van der Waals surface area contributed by atoms with Gasteiger partial charge in [-0.25, -0.2) is 0 Å². The highest BCUT2D eigenvalue weighted by Crippen LogP contribution is 2.64. The Labute approximate surface area is 185 Å². The van der Waals surface area contributed by atoms with Crippen LogP contribution in [0.2, 0.25) is 0 Å². The van der Waals surface area contributed by atoms with Gasteiger partial charge < -0.3 is 25.4 Å². The number of fused-ring (bicyclic) bond motifs is 1. The van der Waals surface area contributed by atoms with Crippen molar-refractivity contribution < 1.29 is 24.2 Å². The molecule has 3 aliphatic heterocycles. The lowest BCUT2D eigenvalue weighted by Crippen LogP contribution is -2.60. The summed E-state index contributed by atoms with van der Waals surface area (Å²) in [5, 5.41) is 15.9. The Bertz CT molecular complexity index is 748. The van der Waals surface area contributed by atoms with Crippen molar-refractivity contribution >= 4 is 17.7 Å². The number of carbonyl (C=O) groups excluding carboxylic acids is 3. The number of ether oxygens (including phenoxy) is 1. The van der Waals surface area contributed by atoms with Crippen molar-refractivity contribution in [2.45, 2.75) is 96.1 Å². The molecule has 0 aromatic rings. The van der Waals surface area contributed by atoms with Crippen LogP contribution in [-0.2, 0) is 19.1 Å². The second-order valence-corrected chi connectivity index (χ2v) is 10.9.